The van der Waals surface area contributed by atoms with Crippen LogP contribution < -0.4 is 15.4 Å². The van der Waals surface area contributed by atoms with Crippen molar-refractivity contribution in [2.24, 2.45) is 0 Å². The summed E-state index contributed by atoms with van der Waals surface area (Å²) in [6.07, 6.45) is 2.67. The third-order valence-electron chi connectivity index (χ3n) is 5.48. The van der Waals surface area contributed by atoms with Gasteiger partial charge in [0.25, 0.3) is 0 Å². The van der Waals surface area contributed by atoms with E-state index in [1.807, 2.05) is 13.0 Å². The van der Waals surface area contributed by atoms with E-state index in [1.165, 1.54) is 16.7 Å². The fraction of sp³-hybridized carbons (Fsp3) is 0.476. The van der Waals surface area contributed by atoms with Gasteiger partial charge in [-0.3, -0.25) is 0 Å². The number of nitrogens with zero attached hydrogens (tertiary/aromatic N) is 1. The highest BCUT2D eigenvalue weighted by Gasteiger charge is 2.39. The molecule has 5 nitrogen and oxygen atoms in total. The molecule has 3 rings (SSSR count). The van der Waals surface area contributed by atoms with Crippen molar-refractivity contribution in [2.45, 2.75) is 37.8 Å². The average Bonchev–Trinajstić information content (AvgIpc) is 3.26. The highest BCUT2D eigenvalue weighted by atomic mass is 32.1. The number of carbonyl (C=O) groups is 1. The lowest BCUT2D eigenvalue weighted by atomic mass is 9.94. The summed E-state index contributed by atoms with van der Waals surface area (Å²) in [5, 5.41) is 10.3. The molecule has 2 N–H and O–H groups in total. The predicted molar refractivity (Wildman–Crippen MR) is 111 cm³/mol. The summed E-state index contributed by atoms with van der Waals surface area (Å²) >= 11 is 1.68. The fourth-order valence-corrected chi connectivity index (χ4v) is 4.45. The number of fused-ring (bicyclic) bond motifs is 1. The second-order valence-corrected chi connectivity index (χ2v) is 8.45. The number of hydrogen-bond donors (Lipinski definition) is 2. The molecule has 1 unspecified atom stereocenters. The molecule has 1 heterocycles. The number of carbonyl (C=O) groups excluding carboxylic acids is 1. The Bertz CT molecular complexity index is 776. The molecule has 2 atom stereocenters. The van der Waals surface area contributed by atoms with Gasteiger partial charge >= 0.3 is 6.03 Å². The van der Waals surface area contributed by atoms with Crippen molar-refractivity contribution in [3.05, 3.63) is 51.7 Å². The molecule has 146 valence electrons. The molecule has 1 aromatic heterocycles. The Hall–Kier alpha value is -2.05. The van der Waals surface area contributed by atoms with Gasteiger partial charge in [0.1, 0.15) is 5.75 Å². The van der Waals surface area contributed by atoms with E-state index < -0.39 is 0 Å². The zero-order chi connectivity index (χ0) is 19.4. The van der Waals surface area contributed by atoms with Gasteiger partial charge in [-0.2, -0.15) is 11.3 Å². The summed E-state index contributed by atoms with van der Waals surface area (Å²) in [5.41, 5.74) is 3.79. The number of benzene rings is 1. The van der Waals surface area contributed by atoms with Crippen molar-refractivity contribution >= 4 is 17.4 Å². The van der Waals surface area contributed by atoms with Crippen LogP contribution in [-0.4, -0.2) is 50.3 Å². The Morgan fingerprint density at radius 3 is 2.74 bits per heavy atom. The minimum absolute atomic E-state index is 0.0972. The quantitative estimate of drug-likeness (QED) is 0.768. The Labute approximate surface area is 165 Å². The van der Waals surface area contributed by atoms with Crippen LogP contribution in [-0.2, 0) is 19.3 Å². The van der Waals surface area contributed by atoms with Gasteiger partial charge in [-0.05, 0) is 85.9 Å². The molecule has 0 saturated heterocycles. The molecule has 1 aliphatic rings. The maximum atomic E-state index is 12.4. The van der Waals surface area contributed by atoms with Crippen LogP contribution in [0.5, 0.6) is 5.75 Å². The number of ether oxygens (including phenoxy) is 1. The summed E-state index contributed by atoms with van der Waals surface area (Å²) in [7, 11) is 5.86. The highest BCUT2D eigenvalue weighted by Crippen LogP contribution is 2.35. The third kappa shape index (κ3) is 4.62. The van der Waals surface area contributed by atoms with E-state index in [2.05, 4.69) is 58.6 Å². The van der Waals surface area contributed by atoms with Crippen molar-refractivity contribution in [3.8, 4) is 5.75 Å². The number of rotatable bonds is 7. The first-order valence-electron chi connectivity index (χ1n) is 9.30. The third-order valence-corrected chi connectivity index (χ3v) is 6.21. The van der Waals surface area contributed by atoms with Crippen LogP contribution in [0.3, 0.4) is 0 Å². The predicted octanol–water partition coefficient (Wildman–Crippen LogP) is 3.09. The summed E-state index contributed by atoms with van der Waals surface area (Å²) in [6, 6.07) is 8.36. The SMILES string of the molecule is COc1ccc2c(c1)CC(CNC(=O)N[C@@H](C)Cc1ccsc1)(N(C)C)C2. The van der Waals surface area contributed by atoms with Gasteiger partial charge in [0.2, 0.25) is 0 Å². The Morgan fingerprint density at radius 1 is 1.30 bits per heavy atom. The number of amides is 2. The molecule has 0 radical (unpaired) electrons. The number of likely N-dealkylation sites (N-methyl/N-ethyl adjacent to an activating group) is 1. The first kappa shape index (κ1) is 19.7. The van der Waals surface area contributed by atoms with Gasteiger partial charge in [0.15, 0.2) is 0 Å². The number of thiophene rings is 1. The van der Waals surface area contributed by atoms with E-state index in [4.69, 9.17) is 4.74 Å². The molecule has 0 saturated carbocycles. The topological polar surface area (TPSA) is 53.6 Å². The lowest BCUT2D eigenvalue weighted by molar-refractivity contribution is 0.157. The van der Waals surface area contributed by atoms with Crippen molar-refractivity contribution in [1.29, 1.82) is 0 Å². The van der Waals surface area contributed by atoms with Gasteiger partial charge < -0.3 is 20.3 Å². The molecule has 0 bridgehead atoms. The Kier molecular flexibility index (Phi) is 6.07. The van der Waals surface area contributed by atoms with Gasteiger partial charge in [0, 0.05) is 18.1 Å². The molecule has 2 amide bonds. The summed E-state index contributed by atoms with van der Waals surface area (Å²) in [4.78, 5) is 14.6. The molecule has 0 fully saturated rings. The Morgan fingerprint density at radius 2 is 2.07 bits per heavy atom. The largest absolute Gasteiger partial charge is 0.497 e. The lowest BCUT2D eigenvalue weighted by Crippen LogP contribution is -2.55. The standard InChI is InChI=1S/C21H29N3O2S/c1-15(9-16-7-8-27-13-16)23-20(25)22-14-21(24(2)3)11-17-5-6-19(26-4)10-18(17)12-21/h5-8,10,13,15H,9,11-12,14H2,1-4H3,(H2,22,23,25)/t15-,21?/m0/s1. The minimum atomic E-state index is -0.108. The second-order valence-electron chi connectivity index (χ2n) is 7.67. The second kappa shape index (κ2) is 8.31. The normalized spacial score (nSPS) is 19.6. The lowest BCUT2D eigenvalue weighted by Gasteiger charge is -2.36. The van der Waals surface area contributed by atoms with Gasteiger partial charge in [-0.25, -0.2) is 4.79 Å². The number of hydrogen-bond acceptors (Lipinski definition) is 4. The van der Waals surface area contributed by atoms with Crippen LogP contribution in [0.15, 0.2) is 35.0 Å². The van der Waals surface area contributed by atoms with Crippen LogP contribution >= 0.6 is 11.3 Å². The van der Waals surface area contributed by atoms with Crippen molar-refractivity contribution in [3.63, 3.8) is 0 Å². The van der Waals surface area contributed by atoms with Gasteiger partial charge in [-0.15, -0.1) is 0 Å². The van der Waals surface area contributed by atoms with E-state index in [0.717, 1.165) is 25.0 Å². The average molecular weight is 388 g/mol. The Balaban J connectivity index is 1.58. The molecule has 0 aliphatic heterocycles. The summed E-state index contributed by atoms with van der Waals surface area (Å²) < 4.78 is 5.36. The van der Waals surface area contributed by atoms with E-state index >= 15 is 0 Å². The molecule has 1 aliphatic carbocycles. The van der Waals surface area contributed by atoms with E-state index in [0.29, 0.717) is 6.54 Å². The van der Waals surface area contributed by atoms with E-state index in [9.17, 15) is 4.79 Å². The van der Waals surface area contributed by atoms with Crippen LogP contribution in [0.4, 0.5) is 4.79 Å². The van der Waals surface area contributed by atoms with Crippen molar-refractivity contribution < 1.29 is 9.53 Å². The number of nitrogens with one attached hydrogen (secondary N) is 2. The first-order chi connectivity index (χ1) is 12.9. The number of methoxy groups -OCH3 is 1. The summed E-state index contributed by atoms with van der Waals surface area (Å²) in [5.74, 6) is 0.885. The van der Waals surface area contributed by atoms with Crippen LogP contribution in [0.2, 0.25) is 0 Å². The highest BCUT2D eigenvalue weighted by molar-refractivity contribution is 7.07. The van der Waals surface area contributed by atoms with Crippen molar-refractivity contribution in [1.82, 2.24) is 15.5 Å². The first-order valence-corrected chi connectivity index (χ1v) is 10.2. The molecular formula is C21H29N3O2S. The van der Waals surface area contributed by atoms with E-state index in [1.54, 1.807) is 18.4 Å². The van der Waals surface area contributed by atoms with Crippen LogP contribution in [0.1, 0.15) is 23.6 Å². The smallest absolute Gasteiger partial charge is 0.315 e. The molecule has 6 heteroatoms. The molecule has 2 aromatic rings. The van der Waals surface area contributed by atoms with Gasteiger partial charge in [-0.1, -0.05) is 6.07 Å². The monoisotopic (exact) mass is 387 g/mol. The fourth-order valence-electron chi connectivity index (χ4n) is 3.77. The van der Waals surface area contributed by atoms with Crippen LogP contribution in [0.25, 0.3) is 0 Å². The zero-order valence-electron chi connectivity index (χ0n) is 16.5. The zero-order valence-corrected chi connectivity index (χ0v) is 17.4. The molecule has 0 spiro atoms. The maximum absolute atomic E-state index is 12.4. The molecular weight excluding hydrogens is 358 g/mol. The van der Waals surface area contributed by atoms with Gasteiger partial charge in [0.05, 0.1) is 7.11 Å². The van der Waals surface area contributed by atoms with E-state index in [-0.39, 0.29) is 17.6 Å². The summed E-state index contributed by atoms with van der Waals surface area (Å²) in [6.45, 7) is 2.64. The molecule has 1 aromatic carbocycles. The maximum Gasteiger partial charge on any atom is 0.315 e. The molecule has 27 heavy (non-hydrogen) atoms. The van der Waals surface area contributed by atoms with Crippen molar-refractivity contribution in [2.75, 3.05) is 27.7 Å². The van der Waals surface area contributed by atoms with Crippen LogP contribution in [0, 0.1) is 0 Å². The number of urea groups is 1. The minimum Gasteiger partial charge on any atom is -0.497 e.